The van der Waals surface area contributed by atoms with Crippen LogP contribution in [0.1, 0.15) is 67.2 Å². The van der Waals surface area contributed by atoms with Crippen molar-refractivity contribution < 1.29 is 24.2 Å². The van der Waals surface area contributed by atoms with Gasteiger partial charge in [-0.3, -0.25) is 19.0 Å². The Hall–Kier alpha value is -3.40. The van der Waals surface area contributed by atoms with Crippen molar-refractivity contribution in [3.8, 4) is 11.5 Å². The summed E-state index contributed by atoms with van der Waals surface area (Å²) >= 11 is 1.40. The van der Waals surface area contributed by atoms with E-state index in [4.69, 9.17) is 9.47 Å². The SMILES string of the molecule is CC(C)(C)OC(=O)CNC(=O)c1c(O)c2ccc(C3CC3)c3c2n(c1=O)C(c1cscn1)CO3. The maximum absolute atomic E-state index is 13.7. The van der Waals surface area contributed by atoms with Crippen LogP contribution < -0.4 is 15.6 Å². The van der Waals surface area contributed by atoms with E-state index in [-0.39, 0.29) is 6.61 Å². The molecule has 34 heavy (non-hydrogen) atoms. The van der Waals surface area contributed by atoms with Gasteiger partial charge in [0.15, 0.2) is 0 Å². The minimum atomic E-state index is -0.852. The summed E-state index contributed by atoms with van der Waals surface area (Å²) in [6.07, 6.45) is 2.08. The summed E-state index contributed by atoms with van der Waals surface area (Å²) in [5.41, 5.74) is 1.96. The molecule has 1 amide bonds. The van der Waals surface area contributed by atoms with Gasteiger partial charge in [-0.15, -0.1) is 11.3 Å². The molecule has 2 aliphatic rings. The Morgan fingerprint density at radius 3 is 2.74 bits per heavy atom. The first-order valence-corrected chi connectivity index (χ1v) is 12.0. The molecule has 1 fully saturated rings. The first kappa shape index (κ1) is 22.4. The predicted molar refractivity (Wildman–Crippen MR) is 126 cm³/mol. The van der Waals surface area contributed by atoms with Crippen LogP contribution in [0.4, 0.5) is 0 Å². The standard InChI is InChI=1S/C24H25N3O6S/c1-24(2,3)33-17(28)8-25-22(30)18-20(29)14-7-6-13(12-4-5-12)21-19(14)27(23(18)31)16(9-32-21)15-10-34-11-26-15/h6-7,10-12,16,29H,4-5,8-9H2,1-3H3,(H,25,30). The highest BCUT2D eigenvalue weighted by Crippen LogP contribution is 2.49. The highest BCUT2D eigenvalue weighted by atomic mass is 32.1. The lowest BCUT2D eigenvalue weighted by Gasteiger charge is -2.29. The molecule has 178 valence electrons. The fourth-order valence-electron chi connectivity index (χ4n) is 4.30. The summed E-state index contributed by atoms with van der Waals surface area (Å²) in [7, 11) is 0. The van der Waals surface area contributed by atoms with Crippen LogP contribution in [0.25, 0.3) is 10.9 Å². The molecule has 2 N–H and O–H groups in total. The normalized spacial score (nSPS) is 17.3. The summed E-state index contributed by atoms with van der Waals surface area (Å²) in [5.74, 6) is -1.01. The van der Waals surface area contributed by atoms with Gasteiger partial charge in [-0.2, -0.15) is 0 Å². The number of esters is 1. The van der Waals surface area contributed by atoms with Crippen LogP contribution in [0, 0.1) is 0 Å². The number of pyridine rings is 1. The quantitative estimate of drug-likeness (QED) is 0.535. The van der Waals surface area contributed by atoms with Crippen LogP contribution in [-0.2, 0) is 9.53 Å². The van der Waals surface area contributed by atoms with E-state index in [2.05, 4.69) is 10.3 Å². The average Bonchev–Trinajstić information content (AvgIpc) is 3.47. The summed E-state index contributed by atoms with van der Waals surface area (Å²) in [4.78, 5) is 43.1. The number of hydrogen-bond donors (Lipinski definition) is 2. The number of nitrogens with zero attached hydrogens (tertiary/aromatic N) is 2. The van der Waals surface area contributed by atoms with Crippen LogP contribution in [0.5, 0.6) is 11.5 Å². The number of amides is 1. The minimum Gasteiger partial charge on any atom is -0.506 e. The molecule has 3 heterocycles. The van der Waals surface area contributed by atoms with E-state index < -0.39 is 46.9 Å². The Bertz CT molecular complexity index is 1350. The fourth-order valence-corrected chi connectivity index (χ4v) is 4.90. The van der Waals surface area contributed by atoms with Crippen LogP contribution in [-0.4, -0.2) is 45.3 Å². The maximum Gasteiger partial charge on any atom is 0.325 e. The number of rotatable bonds is 5. The van der Waals surface area contributed by atoms with Crippen LogP contribution >= 0.6 is 11.3 Å². The van der Waals surface area contributed by atoms with Crippen molar-refractivity contribution in [2.24, 2.45) is 0 Å². The van der Waals surface area contributed by atoms with Gasteiger partial charge in [0.1, 0.15) is 41.9 Å². The molecule has 0 bridgehead atoms. The number of carbonyl (C=O) groups excluding carboxylic acids is 2. The van der Waals surface area contributed by atoms with E-state index in [0.717, 1.165) is 18.4 Å². The van der Waals surface area contributed by atoms with Crippen molar-refractivity contribution in [3.05, 3.63) is 50.2 Å². The second kappa shape index (κ2) is 8.12. The predicted octanol–water partition coefficient (Wildman–Crippen LogP) is 3.09. The Morgan fingerprint density at radius 1 is 1.32 bits per heavy atom. The van der Waals surface area contributed by atoms with E-state index in [1.165, 1.54) is 15.9 Å². The Kier molecular flexibility index (Phi) is 5.35. The molecule has 1 aliphatic carbocycles. The maximum atomic E-state index is 13.7. The van der Waals surface area contributed by atoms with Crippen molar-refractivity contribution in [2.75, 3.05) is 13.2 Å². The molecule has 9 nitrogen and oxygen atoms in total. The summed E-state index contributed by atoms with van der Waals surface area (Å²) in [6.45, 7) is 4.89. The van der Waals surface area contributed by atoms with E-state index in [9.17, 15) is 19.5 Å². The summed E-state index contributed by atoms with van der Waals surface area (Å²) in [5, 5.41) is 15.6. The number of nitrogens with one attached hydrogen (secondary N) is 1. The molecule has 1 atom stereocenters. The zero-order valence-electron chi connectivity index (χ0n) is 19.1. The molecular formula is C24H25N3O6S. The minimum absolute atomic E-state index is 0.180. The van der Waals surface area contributed by atoms with Crippen molar-refractivity contribution in [3.63, 3.8) is 0 Å². The summed E-state index contributed by atoms with van der Waals surface area (Å²) in [6, 6.07) is 3.05. The molecule has 0 saturated heterocycles. The third kappa shape index (κ3) is 3.91. The van der Waals surface area contributed by atoms with Crippen molar-refractivity contribution >= 4 is 34.1 Å². The number of ether oxygens (including phenoxy) is 2. The fraction of sp³-hybridized carbons (Fsp3) is 0.417. The molecule has 0 spiro atoms. The van der Waals surface area contributed by atoms with E-state index >= 15 is 0 Å². The Morgan fingerprint density at radius 2 is 2.09 bits per heavy atom. The number of aromatic hydroxyl groups is 1. The molecule has 1 unspecified atom stereocenters. The molecule has 5 rings (SSSR count). The molecule has 1 aliphatic heterocycles. The van der Waals surface area contributed by atoms with E-state index in [0.29, 0.717) is 28.3 Å². The van der Waals surface area contributed by atoms with Gasteiger partial charge < -0.3 is 19.9 Å². The first-order valence-electron chi connectivity index (χ1n) is 11.1. The van der Waals surface area contributed by atoms with Crippen molar-refractivity contribution in [1.82, 2.24) is 14.9 Å². The second-order valence-electron chi connectivity index (χ2n) is 9.56. The molecule has 0 radical (unpaired) electrons. The zero-order valence-corrected chi connectivity index (χ0v) is 19.9. The third-order valence-electron chi connectivity index (χ3n) is 5.88. The Labute approximate surface area is 199 Å². The number of hydrogen-bond acceptors (Lipinski definition) is 8. The monoisotopic (exact) mass is 483 g/mol. The molecule has 2 aromatic heterocycles. The number of benzene rings is 1. The topological polar surface area (TPSA) is 120 Å². The lowest BCUT2D eigenvalue weighted by atomic mass is 10.00. The van der Waals surface area contributed by atoms with E-state index in [1.54, 1.807) is 32.3 Å². The van der Waals surface area contributed by atoms with Gasteiger partial charge >= 0.3 is 5.97 Å². The van der Waals surface area contributed by atoms with Crippen LogP contribution in [0.2, 0.25) is 0 Å². The van der Waals surface area contributed by atoms with Gasteiger partial charge in [-0.05, 0) is 51.2 Å². The Balaban J connectivity index is 1.62. The van der Waals surface area contributed by atoms with Crippen LogP contribution in [0.15, 0.2) is 27.8 Å². The summed E-state index contributed by atoms with van der Waals surface area (Å²) < 4.78 is 12.8. The lowest BCUT2D eigenvalue weighted by molar-refractivity contribution is -0.153. The molecule has 3 aromatic rings. The molecular weight excluding hydrogens is 458 g/mol. The van der Waals surface area contributed by atoms with Gasteiger partial charge in [0.05, 0.1) is 16.7 Å². The lowest BCUT2D eigenvalue weighted by Crippen LogP contribution is -2.40. The largest absolute Gasteiger partial charge is 0.506 e. The third-order valence-corrected chi connectivity index (χ3v) is 6.48. The van der Waals surface area contributed by atoms with Gasteiger partial charge in [-0.1, -0.05) is 6.07 Å². The average molecular weight is 484 g/mol. The van der Waals surface area contributed by atoms with Gasteiger partial charge in [0.25, 0.3) is 11.5 Å². The van der Waals surface area contributed by atoms with E-state index in [1.807, 2.05) is 11.4 Å². The first-order chi connectivity index (χ1) is 16.2. The van der Waals surface area contributed by atoms with Crippen molar-refractivity contribution in [2.45, 2.75) is 51.2 Å². The highest BCUT2D eigenvalue weighted by molar-refractivity contribution is 7.07. The second-order valence-corrected chi connectivity index (χ2v) is 10.3. The van der Waals surface area contributed by atoms with Gasteiger partial charge in [0.2, 0.25) is 0 Å². The number of carbonyl (C=O) groups is 2. The van der Waals surface area contributed by atoms with Gasteiger partial charge in [0, 0.05) is 10.8 Å². The van der Waals surface area contributed by atoms with Crippen molar-refractivity contribution in [1.29, 1.82) is 0 Å². The molecule has 1 aromatic carbocycles. The highest BCUT2D eigenvalue weighted by Gasteiger charge is 2.36. The smallest absolute Gasteiger partial charge is 0.325 e. The zero-order chi connectivity index (χ0) is 24.2. The molecule has 1 saturated carbocycles. The van der Waals surface area contributed by atoms with Crippen LogP contribution in [0.3, 0.4) is 0 Å². The number of aromatic nitrogens is 2. The number of thiazole rings is 1. The van der Waals surface area contributed by atoms with Gasteiger partial charge in [-0.25, -0.2) is 4.98 Å². The molecule has 10 heteroatoms.